The Labute approximate surface area is 375 Å². The number of nitrogens with zero attached hydrogens (tertiary/aromatic N) is 1. The summed E-state index contributed by atoms with van der Waals surface area (Å²) >= 11 is 0. The molecule has 0 heterocycles. The largest absolute Gasteiger partial charge is 0.544 e. The summed E-state index contributed by atoms with van der Waals surface area (Å²) in [6, 6.07) is -0.734. The van der Waals surface area contributed by atoms with Crippen molar-refractivity contribution in [2.45, 2.75) is 219 Å². The van der Waals surface area contributed by atoms with E-state index in [4.69, 9.17) is 14.2 Å². The van der Waals surface area contributed by atoms with Crippen LogP contribution < -0.4 is 5.11 Å². The number of hydrogen-bond donors (Lipinski definition) is 0. The molecule has 0 rings (SSSR count). The second-order valence-electron chi connectivity index (χ2n) is 17.7. The van der Waals surface area contributed by atoms with Crippen LogP contribution in [0.3, 0.4) is 0 Å². The molecule has 0 spiro atoms. The van der Waals surface area contributed by atoms with Crippen LogP contribution in [0.15, 0.2) is 60.8 Å². The fourth-order valence-corrected chi connectivity index (χ4v) is 7.06. The molecule has 0 aliphatic carbocycles. The van der Waals surface area contributed by atoms with Gasteiger partial charge in [0.15, 0.2) is 6.10 Å². The average molecular weight is 856 g/mol. The normalized spacial score (nSPS) is 13.4. The van der Waals surface area contributed by atoms with Gasteiger partial charge < -0.3 is 28.6 Å². The predicted molar refractivity (Wildman–Crippen MR) is 254 cm³/mol. The van der Waals surface area contributed by atoms with Crippen LogP contribution in [-0.2, 0) is 28.6 Å². The van der Waals surface area contributed by atoms with Gasteiger partial charge in [-0.1, -0.05) is 171 Å². The van der Waals surface area contributed by atoms with E-state index in [9.17, 15) is 19.5 Å². The molecule has 0 fully saturated rings. The summed E-state index contributed by atoms with van der Waals surface area (Å²) in [5, 5.41) is 11.6. The molecule has 0 N–H and O–H groups in total. The number of allylic oxidation sites excluding steroid dienone is 10. The quantitative estimate of drug-likeness (QED) is 0.0260. The Morgan fingerprint density at radius 2 is 0.918 bits per heavy atom. The van der Waals surface area contributed by atoms with E-state index < -0.39 is 18.1 Å². The number of aliphatic carboxylic acids is 1. The first-order valence-electron chi connectivity index (χ1n) is 24.8. The number of quaternary nitrogens is 1. The van der Waals surface area contributed by atoms with Crippen LogP contribution in [0.1, 0.15) is 206 Å². The smallest absolute Gasteiger partial charge is 0.306 e. The lowest BCUT2D eigenvalue weighted by molar-refractivity contribution is -0.889. The third kappa shape index (κ3) is 42.1. The van der Waals surface area contributed by atoms with Gasteiger partial charge in [-0.2, -0.15) is 0 Å². The summed E-state index contributed by atoms with van der Waals surface area (Å²) < 4.78 is 17.2. The van der Waals surface area contributed by atoms with E-state index in [0.29, 0.717) is 12.8 Å². The highest BCUT2D eigenvalue weighted by Gasteiger charge is 2.25. The summed E-state index contributed by atoms with van der Waals surface area (Å²) in [7, 11) is 5.40. The number of carbonyl (C=O) groups excluding carboxylic acids is 3. The molecule has 0 aliphatic heterocycles. The molecule has 2 atom stereocenters. The van der Waals surface area contributed by atoms with E-state index in [1.165, 1.54) is 89.9 Å². The topological polar surface area (TPSA) is 102 Å². The van der Waals surface area contributed by atoms with Crippen molar-refractivity contribution in [1.82, 2.24) is 0 Å². The first kappa shape index (κ1) is 58.0. The van der Waals surface area contributed by atoms with Crippen molar-refractivity contribution < 1.29 is 38.2 Å². The number of esters is 2. The fraction of sp³-hybridized carbons (Fsp3) is 0.755. The highest BCUT2D eigenvalue weighted by atomic mass is 16.6. The number of carboxylic acid groups (broad SMARTS) is 1. The molecule has 0 bridgehead atoms. The van der Waals surface area contributed by atoms with Gasteiger partial charge in [-0.05, 0) is 77.0 Å². The minimum atomic E-state index is -1.13. The molecule has 61 heavy (non-hydrogen) atoms. The highest BCUT2D eigenvalue weighted by Crippen LogP contribution is 2.14. The number of hydrogen-bond acceptors (Lipinski definition) is 7. The predicted octanol–water partition coefficient (Wildman–Crippen LogP) is 12.8. The summed E-state index contributed by atoms with van der Waals surface area (Å²) in [6.07, 6.45) is 54.0. The molecule has 0 saturated heterocycles. The SMILES string of the molecule is CC/C=C/C/C=C/C/C=C/CCCCCCC(=O)OC(COCCC(C(=O)[O-])[N+](C)(C)C)COC(=O)CCCCCCCCC/C=C/C/C=C/CCCCCCCCCCC. The van der Waals surface area contributed by atoms with Gasteiger partial charge >= 0.3 is 11.9 Å². The van der Waals surface area contributed by atoms with Gasteiger partial charge in [-0.25, -0.2) is 0 Å². The van der Waals surface area contributed by atoms with Crippen molar-refractivity contribution >= 4 is 17.9 Å². The van der Waals surface area contributed by atoms with Gasteiger partial charge in [0.25, 0.3) is 0 Å². The Balaban J connectivity index is 4.26. The third-order valence-electron chi connectivity index (χ3n) is 10.9. The lowest BCUT2D eigenvalue weighted by atomic mass is 10.1. The highest BCUT2D eigenvalue weighted by molar-refractivity contribution is 5.70. The molecule has 0 aromatic heterocycles. The van der Waals surface area contributed by atoms with Gasteiger partial charge in [-0.3, -0.25) is 9.59 Å². The zero-order chi connectivity index (χ0) is 44.9. The molecule has 0 saturated carbocycles. The van der Waals surface area contributed by atoms with Gasteiger partial charge in [0.1, 0.15) is 12.6 Å². The number of ether oxygens (including phenoxy) is 3. The minimum Gasteiger partial charge on any atom is -0.544 e. The number of unbranched alkanes of at least 4 members (excludes halogenated alkanes) is 20. The zero-order valence-corrected chi connectivity index (χ0v) is 40.1. The maximum Gasteiger partial charge on any atom is 0.306 e. The molecular weight excluding hydrogens is 763 g/mol. The maximum absolute atomic E-state index is 12.7. The van der Waals surface area contributed by atoms with Crippen LogP contribution in [0.5, 0.6) is 0 Å². The summed E-state index contributed by atoms with van der Waals surface area (Å²) in [4.78, 5) is 36.9. The molecule has 0 radical (unpaired) electrons. The van der Waals surface area contributed by atoms with Gasteiger partial charge in [0.05, 0.1) is 40.3 Å². The van der Waals surface area contributed by atoms with E-state index in [0.717, 1.165) is 83.5 Å². The lowest BCUT2D eigenvalue weighted by Crippen LogP contribution is -2.55. The van der Waals surface area contributed by atoms with E-state index in [1.807, 2.05) is 0 Å². The van der Waals surface area contributed by atoms with Crippen LogP contribution >= 0.6 is 0 Å². The molecule has 8 heteroatoms. The second kappa shape index (κ2) is 43.7. The molecule has 0 aromatic carbocycles. The van der Waals surface area contributed by atoms with Gasteiger partial charge in [0, 0.05) is 19.3 Å². The van der Waals surface area contributed by atoms with E-state index in [1.54, 1.807) is 21.1 Å². The van der Waals surface area contributed by atoms with Crippen molar-refractivity contribution in [2.75, 3.05) is 41.0 Å². The van der Waals surface area contributed by atoms with Crippen molar-refractivity contribution in [3.63, 3.8) is 0 Å². The molecule has 352 valence electrons. The Bertz CT molecular complexity index is 1180. The van der Waals surface area contributed by atoms with Crippen LogP contribution in [-0.4, -0.2) is 75.5 Å². The Morgan fingerprint density at radius 3 is 1.36 bits per heavy atom. The Kier molecular flexibility index (Phi) is 41.5. The van der Waals surface area contributed by atoms with Crippen LogP contribution in [0.25, 0.3) is 0 Å². The monoisotopic (exact) mass is 856 g/mol. The third-order valence-corrected chi connectivity index (χ3v) is 10.9. The first-order chi connectivity index (χ1) is 29.6. The number of carboxylic acids is 1. The van der Waals surface area contributed by atoms with E-state index in [2.05, 4.69) is 74.6 Å². The standard InChI is InChI=1S/C53H93NO7/c1-6-8-10-12-14-16-18-20-22-23-24-25-26-27-28-29-30-32-33-35-37-39-41-43-51(55)60-48-49(47-59-46-45-50(53(57)58)54(3,4)5)61-52(56)44-42-40-38-36-34-31-21-19-17-15-13-11-9-7-2/h9,11,15,17,21,24-25,27-28,31,49-50H,6-8,10,12-14,16,18-20,22-23,26,29-30,32-48H2,1-5H3/b11-9+,17-15+,25-24+,28-27+,31-21+. The summed E-state index contributed by atoms with van der Waals surface area (Å²) in [5.41, 5.74) is 0. The summed E-state index contributed by atoms with van der Waals surface area (Å²) in [6.45, 7) is 4.52. The number of rotatable bonds is 44. The zero-order valence-electron chi connectivity index (χ0n) is 40.1. The van der Waals surface area contributed by atoms with Crippen LogP contribution in [0.4, 0.5) is 0 Å². The van der Waals surface area contributed by atoms with Crippen molar-refractivity contribution in [1.29, 1.82) is 0 Å². The molecule has 8 nitrogen and oxygen atoms in total. The molecular formula is C53H93NO7. The first-order valence-corrected chi connectivity index (χ1v) is 24.8. The van der Waals surface area contributed by atoms with Crippen molar-refractivity contribution in [3.05, 3.63) is 60.8 Å². The summed E-state index contributed by atoms with van der Waals surface area (Å²) in [5.74, 6) is -1.78. The maximum atomic E-state index is 12.7. The number of carbonyl (C=O) groups is 3. The second-order valence-corrected chi connectivity index (χ2v) is 17.7. The van der Waals surface area contributed by atoms with Gasteiger partial charge in [-0.15, -0.1) is 0 Å². The Morgan fingerprint density at radius 1 is 0.508 bits per heavy atom. The van der Waals surface area contributed by atoms with E-state index in [-0.39, 0.29) is 42.7 Å². The van der Waals surface area contributed by atoms with Crippen molar-refractivity contribution in [3.8, 4) is 0 Å². The molecule has 0 aromatic rings. The van der Waals surface area contributed by atoms with Crippen LogP contribution in [0, 0.1) is 0 Å². The van der Waals surface area contributed by atoms with Crippen LogP contribution in [0.2, 0.25) is 0 Å². The van der Waals surface area contributed by atoms with Crippen molar-refractivity contribution in [2.24, 2.45) is 0 Å². The molecule has 2 unspecified atom stereocenters. The average Bonchev–Trinajstić information content (AvgIpc) is 3.22. The Hall–Kier alpha value is -2.97. The minimum absolute atomic E-state index is 0.0270. The molecule has 0 aliphatic rings. The van der Waals surface area contributed by atoms with E-state index >= 15 is 0 Å². The van der Waals surface area contributed by atoms with Gasteiger partial charge in [0.2, 0.25) is 0 Å². The lowest BCUT2D eigenvalue weighted by Gasteiger charge is -2.34. The molecule has 0 amide bonds. The number of likely N-dealkylation sites (N-methyl/N-ethyl adjacent to an activating group) is 1. The fourth-order valence-electron chi connectivity index (χ4n) is 7.06.